The van der Waals surface area contributed by atoms with E-state index in [1.807, 2.05) is 30.3 Å². The van der Waals surface area contributed by atoms with Crippen LogP contribution in [0.4, 0.5) is 10.5 Å². The first-order chi connectivity index (χ1) is 15.9. The van der Waals surface area contributed by atoms with Crippen LogP contribution in [0.2, 0.25) is 0 Å². The summed E-state index contributed by atoms with van der Waals surface area (Å²) in [6.07, 6.45) is -0.490. The molecule has 2 aliphatic rings. The van der Waals surface area contributed by atoms with Crippen molar-refractivity contribution in [2.75, 3.05) is 25.4 Å². The summed E-state index contributed by atoms with van der Waals surface area (Å²) in [4.78, 5) is 26.4. The molecular weight excluding hydrogens is 484 g/mol. The monoisotopic (exact) mass is 506 g/mol. The summed E-state index contributed by atoms with van der Waals surface area (Å²) in [7, 11) is 0. The Bertz CT molecular complexity index is 1200. The number of hydrogen-bond acceptors (Lipinski definition) is 4. The van der Waals surface area contributed by atoms with Gasteiger partial charge in [-0.15, -0.1) is 0 Å². The zero-order valence-electron chi connectivity index (χ0n) is 17.8. The quantitative estimate of drug-likeness (QED) is 0.481. The third-order valence-electron chi connectivity index (χ3n) is 6.68. The van der Waals surface area contributed by atoms with Crippen LogP contribution in [0, 0.1) is 5.92 Å². The lowest BCUT2D eigenvalue weighted by Gasteiger charge is -2.19. The topological polar surface area (TPSA) is 92.9 Å². The van der Waals surface area contributed by atoms with E-state index in [1.54, 1.807) is 12.1 Å². The number of ether oxygens (including phenoxy) is 1. The fraction of sp³-hybridized carbons (Fsp3) is 0.231. The van der Waals surface area contributed by atoms with Gasteiger partial charge in [0.05, 0.1) is 5.92 Å². The average molecular weight is 507 g/mol. The van der Waals surface area contributed by atoms with E-state index in [0.717, 1.165) is 32.3 Å². The number of carbonyl (C=O) groups is 2. The molecule has 1 heterocycles. The Morgan fingerprint density at radius 1 is 1.00 bits per heavy atom. The minimum absolute atomic E-state index is 0.0405. The van der Waals surface area contributed by atoms with Crippen molar-refractivity contribution in [3.05, 3.63) is 87.9 Å². The number of nitrogen functional groups attached to an aromatic ring is 1. The van der Waals surface area contributed by atoms with Crippen molar-refractivity contribution in [3.8, 4) is 11.1 Å². The van der Waals surface area contributed by atoms with Gasteiger partial charge in [0.25, 0.3) is 0 Å². The van der Waals surface area contributed by atoms with E-state index >= 15 is 0 Å². The summed E-state index contributed by atoms with van der Waals surface area (Å²) < 4.78 is 6.49. The first-order valence-electron chi connectivity index (χ1n) is 10.8. The molecule has 1 amide bonds. The molecule has 3 aromatic rings. The van der Waals surface area contributed by atoms with Crippen LogP contribution in [-0.4, -0.2) is 41.8 Å². The SMILES string of the molecule is Nc1cc(C2CN(C(=O)OCC3c4ccccc4-c4ccccc43)CC2C(=O)O)ccc1Br. The number of likely N-dealkylation sites (tertiary alicyclic amines) is 1. The molecular formula is C26H23BrN2O4. The molecule has 0 aromatic heterocycles. The van der Waals surface area contributed by atoms with Crippen LogP contribution in [0.5, 0.6) is 0 Å². The predicted octanol–water partition coefficient (Wildman–Crippen LogP) is 5.08. The van der Waals surface area contributed by atoms with E-state index < -0.39 is 18.0 Å². The number of benzene rings is 3. The fourth-order valence-corrected chi connectivity index (χ4v) is 5.27. The number of anilines is 1. The Labute approximate surface area is 200 Å². The van der Waals surface area contributed by atoms with E-state index in [0.29, 0.717) is 5.69 Å². The lowest BCUT2D eigenvalue weighted by atomic mass is 9.89. The van der Waals surface area contributed by atoms with Crippen molar-refractivity contribution in [2.24, 2.45) is 5.92 Å². The molecule has 6 nitrogen and oxygen atoms in total. The molecule has 1 saturated heterocycles. The van der Waals surface area contributed by atoms with Gasteiger partial charge >= 0.3 is 12.1 Å². The number of nitrogens with zero attached hydrogens (tertiary/aromatic N) is 1. The van der Waals surface area contributed by atoms with Gasteiger partial charge in [0.2, 0.25) is 0 Å². The normalized spacial score (nSPS) is 19.2. The zero-order chi connectivity index (χ0) is 23.1. The first kappa shape index (κ1) is 21.5. The number of carboxylic acids is 1. The maximum Gasteiger partial charge on any atom is 0.409 e. The molecule has 1 aliphatic heterocycles. The maximum atomic E-state index is 13.0. The molecule has 3 N–H and O–H groups in total. The molecule has 3 aromatic carbocycles. The number of nitrogens with two attached hydrogens (primary N) is 1. The number of rotatable bonds is 4. The molecule has 2 atom stereocenters. The molecule has 0 radical (unpaired) electrons. The van der Waals surface area contributed by atoms with Gasteiger partial charge in [-0.05, 0) is 55.9 Å². The Balaban J connectivity index is 1.32. The average Bonchev–Trinajstić information content (AvgIpc) is 3.40. The van der Waals surface area contributed by atoms with Gasteiger partial charge in [0, 0.05) is 35.1 Å². The van der Waals surface area contributed by atoms with Crippen LogP contribution in [0.15, 0.2) is 71.2 Å². The Hall–Kier alpha value is -3.32. The summed E-state index contributed by atoms with van der Waals surface area (Å²) in [5, 5.41) is 9.77. The van der Waals surface area contributed by atoms with Gasteiger partial charge in [-0.2, -0.15) is 0 Å². The van der Waals surface area contributed by atoms with Crippen molar-refractivity contribution >= 4 is 33.7 Å². The largest absolute Gasteiger partial charge is 0.481 e. The van der Waals surface area contributed by atoms with Crippen LogP contribution in [-0.2, 0) is 9.53 Å². The highest BCUT2D eigenvalue weighted by atomic mass is 79.9. The number of amides is 1. The number of carbonyl (C=O) groups excluding carboxylic acids is 1. The molecule has 168 valence electrons. The number of fused-ring (bicyclic) bond motifs is 3. The van der Waals surface area contributed by atoms with E-state index in [4.69, 9.17) is 10.5 Å². The molecule has 33 heavy (non-hydrogen) atoms. The van der Waals surface area contributed by atoms with Crippen LogP contribution in [0.25, 0.3) is 11.1 Å². The van der Waals surface area contributed by atoms with E-state index in [9.17, 15) is 14.7 Å². The Morgan fingerprint density at radius 3 is 2.24 bits per heavy atom. The van der Waals surface area contributed by atoms with E-state index in [1.165, 1.54) is 4.90 Å². The Kier molecular flexibility index (Phi) is 5.58. The molecule has 0 saturated carbocycles. The second-order valence-corrected chi connectivity index (χ2v) is 9.40. The van der Waals surface area contributed by atoms with Gasteiger partial charge in [0.1, 0.15) is 6.61 Å². The van der Waals surface area contributed by atoms with Gasteiger partial charge < -0.3 is 20.5 Å². The second kappa shape index (κ2) is 8.56. The molecule has 1 aliphatic carbocycles. The minimum Gasteiger partial charge on any atom is -0.481 e. The molecule has 7 heteroatoms. The summed E-state index contributed by atoms with van der Waals surface area (Å²) >= 11 is 3.37. The highest BCUT2D eigenvalue weighted by Crippen LogP contribution is 2.44. The van der Waals surface area contributed by atoms with Crippen molar-refractivity contribution < 1.29 is 19.4 Å². The number of carboxylic acid groups (broad SMARTS) is 1. The standard InChI is InChI=1S/C26H23BrN2O4/c27-23-10-9-15(11-24(23)28)20-12-29(13-21(20)25(30)31)26(32)33-14-22-18-7-3-1-5-16(18)17-6-2-4-8-19(17)22/h1-11,20-22H,12-14,28H2,(H,30,31). The molecule has 1 fully saturated rings. The van der Waals surface area contributed by atoms with Gasteiger partial charge in [0.15, 0.2) is 0 Å². The highest BCUT2D eigenvalue weighted by Gasteiger charge is 2.41. The molecule has 5 rings (SSSR count). The van der Waals surface area contributed by atoms with Gasteiger partial charge in [-0.25, -0.2) is 4.79 Å². The number of hydrogen-bond donors (Lipinski definition) is 2. The summed E-state index contributed by atoms with van der Waals surface area (Å²) in [6, 6.07) is 21.7. The zero-order valence-corrected chi connectivity index (χ0v) is 19.4. The summed E-state index contributed by atoms with van der Waals surface area (Å²) in [6.45, 7) is 0.582. The van der Waals surface area contributed by atoms with E-state index in [-0.39, 0.29) is 31.5 Å². The van der Waals surface area contributed by atoms with Gasteiger partial charge in [-0.3, -0.25) is 4.79 Å². The maximum absolute atomic E-state index is 13.0. The van der Waals surface area contributed by atoms with Crippen molar-refractivity contribution in [2.45, 2.75) is 11.8 Å². The highest BCUT2D eigenvalue weighted by molar-refractivity contribution is 9.10. The van der Waals surface area contributed by atoms with Crippen LogP contribution in [0.1, 0.15) is 28.5 Å². The molecule has 2 unspecified atom stereocenters. The third-order valence-corrected chi connectivity index (χ3v) is 7.40. The second-order valence-electron chi connectivity index (χ2n) is 8.54. The van der Waals surface area contributed by atoms with E-state index in [2.05, 4.69) is 40.2 Å². The van der Waals surface area contributed by atoms with Crippen molar-refractivity contribution in [3.63, 3.8) is 0 Å². The van der Waals surface area contributed by atoms with Crippen molar-refractivity contribution in [1.82, 2.24) is 4.90 Å². The lowest BCUT2D eigenvalue weighted by Crippen LogP contribution is -2.31. The third kappa shape index (κ3) is 3.86. The fourth-order valence-electron chi connectivity index (χ4n) is 5.02. The van der Waals surface area contributed by atoms with Gasteiger partial charge in [-0.1, -0.05) is 54.6 Å². The number of aliphatic carboxylic acids is 1. The lowest BCUT2D eigenvalue weighted by molar-refractivity contribution is -0.141. The first-order valence-corrected chi connectivity index (χ1v) is 11.6. The number of halogens is 1. The summed E-state index contributed by atoms with van der Waals surface area (Å²) in [5.41, 5.74) is 11.9. The van der Waals surface area contributed by atoms with Crippen molar-refractivity contribution in [1.29, 1.82) is 0 Å². The Morgan fingerprint density at radius 2 is 1.64 bits per heavy atom. The van der Waals surface area contributed by atoms with Crippen LogP contribution in [0.3, 0.4) is 0 Å². The van der Waals surface area contributed by atoms with Crippen LogP contribution < -0.4 is 5.73 Å². The van der Waals surface area contributed by atoms with Crippen LogP contribution >= 0.6 is 15.9 Å². The predicted molar refractivity (Wildman–Crippen MR) is 129 cm³/mol. The summed E-state index contributed by atoms with van der Waals surface area (Å²) in [5.74, 6) is -2.04. The minimum atomic E-state index is -0.935. The molecule has 0 spiro atoms. The molecule has 0 bridgehead atoms. The smallest absolute Gasteiger partial charge is 0.409 e.